The quantitative estimate of drug-likeness (QED) is 0.714. The molecular formula is C18H11N5O4S. The first-order valence-electron chi connectivity index (χ1n) is 8.32. The summed E-state index contributed by atoms with van der Waals surface area (Å²) in [5.41, 5.74) is 0.291. The van der Waals surface area contributed by atoms with Crippen molar-refractivity contribution < 1.29 is 14.2 Å². The van der Waals surface area contributed by atoms with Gasteiger partial charge in [0, 0.05) is 5.56 Å². The van der Waals surface area contributed by atoms with Gasteiger partial charge in [-0.1, -0.05) is 11.3 Å². The molecule has 0 bridgehead atoms. The van der Waals surface area contributed by atoms with Gasteiger partial charge in [0.1, 0.15) is 22.2 Å². The first-order valence-corrected chi connectivity index (χ1v) is 9.14. The molecule has 1 aromatic carbocycles. The highest BCUT2D eigenvalue weighted by atomic mass is 32.1. The van der Waals surface area contributed by atoms with E-state index >= 15 is 0 Å². The third-order valence-electron chi connectivity index (χ3n) is 4.35. The van der Waals surface area contributed by atoms with E-state index in [0.717, 1.165) is 11.3 Å². The second-order valence-electron chi connectivity index (χ2n) is 5.92. The van der Waals surface area contributed by atoms with E-state index < -0.39 is 5.56 Å². The largest absolute Gasteiger partial charge is 0.476 e. The zero-order chi connectivity index (χ0) is 19.4. The Balaban J connectivity index is 1.75. The summed E-state index contributed by atoms with van der Waals surface area (Å²) in [6.07, 6.45) is 0. The number of hydrogen-bond donors (Lipinski definition) is 1. The molecule has 0 saturated heterocycles. The predicted molar refractivity (Wildman–Crippen MR) is 101 cm³/mol. The molecule has 3 aromatic rings. The summed E-state index contributed by atoms with van der Waals surface area (Å²) in [5.74, 6) is 1.57. The first kappa shape index (κ1) is 16.5. The van der Waals surface area contributed by atoms with Crippen molar-refractivity contribution in [2.75, 3.05) is 13.4 Å². The van der Waals surface area contributed by atoms with Crippen LogP contribution in [0.5, 0.6) is 11.5 Å². The molecule has 0 radical (unpaired) electrons. The van der Waals surface area contributed by atoms with Crippen molar-refractivity contribution in [2.45, 2.75) is 6.92 Å². The summed E-state index contributed by atoms with van der Waals surface area (Å²) in [7, 11) is 0. The maximum Gasteiger partial charge on any atom is 0.278 e. The van der Waals surface area contributed by atoms with Gasteiger partial charge in [0.25, 0.3) is 5.56 Å². The molecule has 10 heteroatoms. The first-order chi connectivity index (χ1) is 13.6. The normalized spacial score (nSPS) is 14.1. The van der Waals surface area contributed by atoms with Crippen molar-refractivity contribution in [3.8, 4) is 28.8 Å². The fourth-order valence-corrected chi connectivity index (χ4v) is 4.10. The standard InChI is InChI=1S/C18H11N5O4S/c1-2-25-16-12(20)14-15(22-16)23-17(24)9(6-19)13(21-18(23)28-14)8-3-4-10-11(5-8)27-7-26-10/h3-5,20H,2,7H2,1H3. The van der Waals surface area contributed by atoms with Crippen LogP contribution in [0.4, 0.5) is 5.82 Å². The zero-order valence-electron chi connectivity index (χ0n) is 14.5. The van der Waals surface area contributed by atoms with Crippen molar-refractivity contribution in [3.63, 3.8) is 0 Å². The van der Waals surface area contributed by atoms with Gasteiger partial charge in [0.05, 0.1) is 12.3 Å². The molecule has 9 nitrogen and oxygen atoms in total. The smallest absolute Gasteiger partial charge is 0.278 e. The van der Waals surface area contributed by atoms with Crippen LogP contribution in [-0.4, -0.2) is 34.4 Å². The SMILES string of the molecule is CCOC1=Nc2c(sc3nc(-c4ccc5c(c4)OCO5)c(C#N)c(=O)n23)C1=N. The zero-order valence-corrected chi connectivity index (χ0v) is 15.3. The van der Waals surface area contributed by atoms with Crippen LogP contribution in [0.3, 0.4) is 0 Å². The summed E-state index contributed by atoms with van der Waals surface area (Å²) in [6.45, 7) is 2.28. The Morgan fingerprint density at radius 1 is 1.39 bits per heavy atom. The molecule has 2 aliphatic rings. The fourth-order valence-electron chi connectivity index (χ4n) is 3.10. The molecule has 0 amide bonds. The second kappa shape index (κ2) is 5.90. The van der Waals surface area contributed by atoms with E-state index in [1.165, 1.54) is 4.40 Å². The Kier molecular flexibility index (Phi) is 3.47. The van der Waals surface area contributed by atoms with E-state index in [0.29, 0.717) is 33.5 Å². The molecule has 0 spiro atoms. The Morgan fingerprint density at radius 2 is 2.21 bits per heavy atom. The molecule has 0 fully saturated rings. The van der Waals surface area contributed by atoms with Crippen LogP contribution < -0.4 is 15.0 Å². The summed E-state index contributed by atoms with van der Waals surface area (Å²) in [5, 5.41) is 17.8. The van der Waals surface area contributed by atoms with Gasteiger partial charge in [0.2, 0.25) is 12.7 Å². The molecule has 0 saturated carbocycles. The Hall–Kier alpha value is -3.71. The Morgan fingerprint density at radius 3 is 3.00 bits per heavy atom. The molecule has 5 rings (SSSR count). The summed E-state index contributed by atoms with van der Waals surface area (Å²) in [6, 6.07) is 7.08. The Bertz CT molecular complexity index is 1310. The van der Waals surface area contributed by atoms with Gasteiger partial charge >= 0.3 is 0 Å². The number of hydrogen-bond acceptors (Lipinski definition) is 9. The minimum atomic E-state index is -0.535. The minimum Gasteiger partial charge on any atom is -0.476 e. The predicted octanol–water partition coefficient (Wildman–Crippen LogP) is 2.47. The maximum atomic E-state index is 13.1. The second-order valence-corrected chi connectivity index (χ2v) is 6.90. The van der Waals surface area contributed by atoms with Crippen molar-refractivity contribution in [2.24, 2.45) is 4.99 Å². The van der Waals surface area contributed by atoms with Crippen LogP contribution in [-0.2, 0) is 4.74 Å². The van der Waals surface area contributed by atoms with Gasteiger partial charge < -0.3 is 14.2 Å². The molecule has 1 N–H and O–H groups in total. The topological polar surface area (TPSA) is 122 Å². The highest BCUT2D eigenvalue weighted by Gasteiger charge is 2.30. The van der Waals surface area contributed by atoms with Gasteiger partial charge in [0.15, 0.2) is 22.3 Å². The van der Waals surface area contributed by atoms with Crippen molar-refractivity contribution in [1.29, 1.82) is 10.7 Å². The average molecular weight is 393 g/mol. The molecular weight excluding hydrogens is 382 g/mol. The van der Waals surface area contributed by atoms with E-state index in [1.807, 2.05) is 6.07 Å². The number of aromatic nitrogens is 2. The summed E-state index contributed by atoms with van der Waals surface area (Å²) in [4.78, 5) is 22.7. The lowest BCUT2D eigenvalue weighted by Gasteiger charge is -2.06. The molecule has 4 heterocycles. The van der Waals surface area contributed by atoms with E-state index in [2.05, 4.69) is 9.98 Å². The molecule has 0 atom stereocenters. The lowest BCUT2D eigenvalue weighted by Crippen LogP contribution is -2.18. The van der Waals surface area contributed by atoms with E-state index in [1.54, 1.807) is 25.1 Å². The van der Waals surface area contributed by atoms with Gasteiger partial charge in [-0.25, -0.2) is 9.38 Å². The summed E-state index contributed by atoms with van der Waals surface area (Å²) >= 11 is 1.16. The highest BCUT2D eigenvalue weighted by Crippen LogP contribution is 2.38. The van der Waals surface area contributed by atoms with Gasteiger partial charge in [-0.3, -0.25) is 10.2 Å². The van der Waals surface area contributed by atoms with Gasteiger partial charge in [-0.15, -0.1) is 0 Å². The number of ether oxygens (including phenoxy) is 3. The lowest BCUT2D eigenvalue weighted by atomic mass is 10.1. The van der Waals surface area contributed by atoms with E-state index in [9.17, 15) is 10.1 Å². The third-order valence-corrected chi connectivity index (χ3v) is 5.40. The minimum absolute atomic E-state index is 0.106. The van der Waals surface area contributed by atoms with Crippen LogP contribution in [0.25, 0.3) is 16.2 Å². The van der Waals surface area contributed by atoms with Crippen LogP contribution in [0.1, 0.15) is 17.4 Å². The number of benzene rings is 1. The molecule has 28 heavy (non-hydrogen) atoms. The van der Waals surface area contributed by atoms with Crippen molar-refractivity contribution in [1.82, 2.24) is 9.38 Å². The molecule has 2 aliphatic heterocycles. The van der Waals surface area contributed by atoms with Crippen LogP contribution in [0, 0.1) is 16.7 Å². The molecule has 138 valence electrons. The van der Waals surface area contributed by atoms with Crippen LogP contribution in [0.2, 0.25) is 0 Å². The van der Waals surface area contributed by atoms with Crippen LogP contribution in [0.15, 0.2) is 28.0 Å². The molecule has 0 unspecified atom stereocenters. The molecule has 0 aliphatic carbocycles. The van der Waals surface area contributed by atoms with E-state index in [-0.39, 0.29) is 35.5 Å². The number of nitrogens with one attached hydrogen (secondary N) is 1. The number of fused-ring (bicyclic) bond motifs is 4. The number of rotatable bonds is 2. The number of nitriles is 1. The van der Waals surface area contributed by atoms with E-state index in [4.69, 9.17) is 19.6 Å². The van der Waals surface area contributed by atoms with Crippen molar-refractivity contribution in [3.05, 3.63) is 39.0 Å². The van der Waals surface area contributed by atoms with Crippen molar-refractivity contribution >= 4 is 33.7 Å². The summed E-state index contributed by atoms with van der Waals surface area (Å²) < 4.78 is 17.3. The van der Waals surface area contributed by atoms with Crippen LogP contribution >= 0.6 is 11.3 Å². The average Bonchev–Trinajstić information content (AvgIpc) is 3.37. The number of aliphatic imine (C=N–C) groups is 1. The number of thiazole rings is 1. The Labute approximate surface area is 161 Å². The van der Waals surface area contributed by atoms with Gasteiger partial charge in [-0.05, 0) is 25.1 Å². The maximum absolute atomic E-state index is 13.1. The van der Waals surface area contributed by atoms with Gasteiger partial charge in [-0.2, -0.15) is 10.3 Å². The molecule has 2 aromatic heterocycles. The monoisotopic (exact) mass is 393 g/mol. The number of nitrogens with zero attached hydrogens (tertiary/aromatic N) is 4. The third kappa shape index (κ3) is 2.17. The fraction of sp³-hybridized carbons (Fsp3) is 0.167. The lowest BCUT2D eigenvalue weighted by molar-refractivity contribution is 0.174. The highest BCUT2D eigenvalue weighted by molar-refractivity contribution is 7.20.